The minimum atomic E-state index is 0.481. The van der Waals surface area contributed by atoms with Gasteiger partial charge in [-0.15, -0.1) is 0 Å². The first-order valence-corrected chi connectivity index (χ1v) is 7.31. The first-order chi connectivity index (χ1) is 9.01. The average Bonchev–Trinajstić information content (AvgIpc) is 2.37. The van der Waals surface area contributed by atoms with Gasteiger partial charge < -0.3 is 10.2 Å². The van der Waals surface area contributed by atoms with Gasteiger partial charge in [0.2, 0.25) is 0 Å². The molecule has 19 heavy (non-hydrogen) atoms. The fourth-order valence-corrected chi connectivity index (χ4v) is 2.40. The van der Waals surface area contributed by atoms with Gasteiger partial charge in [0, 0.05) is 25.2 Å². The number of nitrogens with zero attached hydrogens (tertiary/aromatic N) is 3. The zero-order valence-corrected chi connectivity index (χ0v) is 13.2. The number of hydrogen-bond acceptors (Lipinski definition) is 4. The third-order valence-electron chi connectivity index (χ3n) is 3.43. The predicted octanol–water partition coefficient (Wildman–Crippen LogP) is 3.34. The highest BCUT2D eigenvalue weighted by molar-refractivity contribution is 5.58. The van der Waals surface area contributed by atoms with Crippen LogP contribution in [0.4, 0.5) is 11.6 Å². The summed E-state index contributed by atoms with van der Waals surface area (Å²) in [6, 6.07) is 0.481. The van der Waals surface area contributed by atoms with Crippen LogP contribution in [0.2, 0.25) is 0 Å². The zero-order valence-electron chi connectivity index (χ0n) is 13.2. The van der Waals surface area contributed by atoms with E-state index in [1.165, 1.54) is 12.0 Å². The van der Waals surface area contributed by atoms with E-state index in [2.05, 4.69) is 61.9 Å². The van der Waals surface area contributed by atoms with Crippen LogP contribution in [0.25, 0.3) is 0 Å². The number of aromatic nitrogens is 2. The van der Waals surface area contributed by atoms with Crippen molar-refractivity contribution in [2.45, 2.75) is 53.5 Å². The molecule has 1 aromatic heterocycles. The minimum Gasteiger partial charge on any atom is -0.370 e. The van der Waals surface area contributed by atoms with Gasteiger partial charge in [-0.05, 0) is 32.6 Å². The van der Waals surface area contributed by atoms with E-state index in [1.54, 1.807) is 6.33 Å². The van der Waals surface area contributed by atoms with E-state index >= 15 is 0 Å². The maximum atomic E-state index is 4.50. The van der Waals surface area contributed by atoms with Gasteiger partial charge >= 0.3 is 0 Å². The lowest BCUT2D eigenvalue weighted by molar-refractivity contribution is 0.501. The van der Waals surface area contributed by atoms with Crippen molar-refractivity contribution < 1.29 is 0 Å². The molecule has 0 aliphatic heterocycles. The van der Waals surface area contributed by atoms with E-state index in [0.29, 0.717) is 12.0 Å². The van der Waals surface area contributed by atoms with Crippen LogP contribution in [0.1, 0.15) is 46.6 Å². The topological polar surface area (TPSA) is 41.1 Å². The molecule has 4 heteroatoms. The second-order valence-electron chi connectivity index (χ2n) is 5.50. The van der Waals surface area contributed by atoms with Crippen molar-refractivity contribution in [3.63, 3.8) is 0 Å². The Balaban J connectivity index is 3.01. The fraction of sp³-hybridized carbons (Fsp3) is 0.733. The average molecular weight is 264 g/mol. The molecule has 1 aromatic rings. The molecular formula is C15H28N4. The van der Waals surface area contributed by atoms with Gasteiger partial charge in [0.1, 0.15) is 18.0 Å². The van der Waals surface area contributed by atoms with Crippen LogP contribution in [0, 0.1) is 5.92 Å². The van der Waals surface area contributed by atoms with Crippen molar-refractivity contribution >= 4 is 11.6 Å². The number of nitrogens with one attached hydrogen (secondary N) is 1. The summed E-state index contributed by atoms with van der Waals surface area (Å²) in [5.74, 6) is 2.72. The standard InChI is InChI=1S/C15H28N4/c1-7-13-14(16-8-2)17-10-18-15(13)19(6)12(5)9-11(3)4/h10-12H,7-9H2,1-6H3,(H,16,17,18). The Kier molecular flexibility index (Phi) is 6.06. The summed E-state index contributed by atoms with van der Waals surface area (Å²) in [7, 11) is 2.13. The minimum absolute atomic E-state index is 0.481. The molecule has 1 rings (SSSR count). The molecule has 0 bridgehead atoms. The Morgan fingerprint density at radius 3 is 2.42 bits per heavy atom. The Morgan fingerprint density at radius 2 is 1.89 bits per heavy atom. The number of hydrogen-bond donors (Lipinski definition) is 1. The molecule has 0 aliphatic carbocycles. The molecule has 0 saturated heterocycles. The van der Waals surface area contributed by atoms with E-state index in [9.17, 15) is 0 Å². The van der Waals surface area contributed by atoms with E-state index in [1.807, 2.05) is 0 Å². The largest absolute Gasteiger partial charge is 0.370 e. The Hall–Kier alpha value is -1.32. The van der Waals surface area contributed by atoms with Gasteiger partial charge in [-0.2, -0.15) is 0 Å². The van der Waals surface area contributed by atoms with Crippen molar-refractivity contribution in [3.05, 3.63) is 11.9 Å². The normalized spacial score (nSPS) is 12.6. The van der Waals surface area contributed by atoms with Crippen molar-refractivity contribution in [2.75, 3.05) is 23.8 Å². The Labute approximate surface area is 117 Å². The molecule has 1 atom stereocenters. The van der Waals surface area contributed by atoms with Gasteiger partial charge in [-0.1, -0.05) is 20.8 Å². The highest BCUT2D eigenvalue weighted by atomic mass is 15.2. The van der Waals surface area contributed by atoms with E-state index in [4.69, 9.17) is 0 Å². The number of rotatable bonds is 7. The van der Waals surface area contributed by atoms with E-state index < -0.39 is 0 Å². The zero-order chi connectivity index (χ0) is 14.4. The highest BCUT2D eigenvalue weighted by Crippen LogP contribution is 2.25. The molecule has 0 fully saturated rings. The van der Waals surface area contributed by atoms with Crippen LogP contribution in [-0.4, -0.2) is 29.6 Å². The second kappa shape index (κ2) is 7.31. The molecule has 0 radical (unpaired) electrons. The third kappa shape index (κ3) is 4.08. The van der Waals surface area contributed by atoms with Crippen LogP contribution in [0.5, 0.6) is 0 Å². The quantitative estimate of drug-likeness (QED) is 0.820. The van der Waals surface area contributed by atoms with Crippen LogP contribution in [0.3, 0.4) is 0 Å². The molecule has 0 saturated carbocycles. The lowest BCUT2D eigenvalue weighted by Crippen LogP contribution is -2.32. The molecule has 1 unspecified atom stereocenters. The van der Waals surface area contributed by atoms with Crippen molar-refractivity contribution in [3.8, 4) is 0 Å². The highest BCUT2D eigenvalue weighted by Gasteiger charge is 2.18. The molecule has 0 aromatic carbocycles. The molecular weight excluding hydrogens is 236 g/mol. The van der Waals surface area contributed by atoms with E-state index in [-0.39, 0.29) is 0 Å². The van der Waals surface area contributed by atoms with Gasteiger partial charge in [0.05, 0.1) is 0 Å². The summed E-state index contributed by atoms with van der Waals surface area (Å²) in [6.45, 7) is 11.9. The summed E-state index contributed by atoms with van der Waals surface area (Å²) in [5.41, 5.74) is 1.21. The van der Waals surface area contributed by atoms with Crippen molar-refractivity contribution in [1.82, 2.24) is 9.97 Å². The first-order valence-electron chi connectivity index (χ1n) is 7.31. The lowest BCUT2D eigenvalue weighted by Gasteiger charge is -2.29. The smallest absolute Gasteiger partial charge is 0.137 e. The van der Waals surface area contributed by atoms with Gasteiger partial charge in [-0.25, -0.2) is 9.97 Å². The second-order valence-corrected chi connectivity index (χ2v) is 5.50. The molecule has 0 spiro atoms. The predicted molar refractivity (Wildman–Crippen MR) is 82.9 cm³/mol. The number of anilines is 2. The summed E-state index contributed by atoms with van der Waals surface area (Å²) in [6.07, 6.45) is 3.77. The van der Waals surface area contributed by atoms with Gasteiger partial charge in [0.25, 0.3) is 0 Å². The molecule has 0 amide bonds. The molecule has 1 heterocycles. The van der Waals surface area contributed by atoms with E-state index in [0.717, 1.165) is 24.6 Å². The summed E-state index contributed by atoms with van der Waals surface area (Å²) < 4.78 is 0. The molecule has 4 nitrogen and oxygen atoms in total. The molecule has 0 aliphatic rings. The molecule has 1 N–H and O–H groups in total. The Bertz CT molecular complexity index is 390. The SMILES string of the molecule is CCNc1ncnc(N(C)C(C)CC(C)C)c1CC. The van der Waals surface area contributed by atoms with Crippen LogP contribution in [-0.2, 0) is 6.42 Å². The van der Waals surface area contributed by atoms with Crippen LogP contribution < -0.4 is 10.2 Å². The summed E-state index contributed by atoms with van der Waals surface area (Å²) in [5, 5.41) is 3.32. The first kappa shape index (κ1) is 15.7. The van der Waals surface area contributed by atoms with Gasteiger partial charge in [0.15, 0.2) is 0 Å². The summed E-state index contributed by atoms with van der Waals surface area (Å²) in [4.78, 5) is 11.1. The Morgan fingerprint density at radius 1 is 1.21 bits per heavy atom. The fourth-order valence-electron chi connectivity index (χ4n) is 2.40. The van der Waals surface area contributed by atoms with Crippen LogP contribution in [0.15, 0.2) is 6.33 Å². The third-order valence-corrected chi connectivity index (χ3v) is 3.43. The van der Waals surface area contributed by atoms with Crippen LogP contribution >= 0.6 is 0 Å². The van der Waals surface area contributed by atoms with Gasteiger partial charge in [-0.3, -0.25) is 0 Å². The lowest BCUT2D eigenvalue weighted by atomic mass is 10.0. The maximum Gasteiger partial charge on any atom is 0.137 e. The maximum absolute atomic E-state index is 4.50. The van der Waals surface area contributed by atoms with Crippen molar-refractivity contribution in [1.29, 1.82) is 0 Å². The van der Waals surface area contributed by atoms with Crippen molar-refractivity contribution in [2.24, 2.45) is 5.92 Å². The monoisotopic (exact) mass is 264 g/mol. The summed E-state index contributed by atoms with van der Waals surface area (Å²) >= 11 is 0. The molecule has 108 valence electrons.